The van der Waals surface area contributed by atoms with E-state index in [-0.39, 0.29) is 17.5 Å². The summed E-state index contributed by atoms with van der Waals surface area (Å²) in [5, 5.41) is 5.20. The van der Waals surface area contributed by atoms with Crippen LogP contribution in [0, 0.1) is 0 Å². The standard InChI is InChI=1S/C15H24N2OS/c1-11(14(18)16-15(2,3)4)17-9-5-7-12(17)13-8-6-10-19-13/h6,8,10-12H,5,7,9H2,1-4H3,(H,16,18). The molecule has 1 aromatic rings. The topological polar surface area (TPSA) is 32.3 Å². The molecule has 1 aliphatic rings. The number of amides is 1. The van der Waals surface area contributed by atoms with Gasteiger partial charge < -0.3 is 5.32 Å². The van der Waals surface area contributed by atoms with Crippen molar-refractivity contribution in [1.82, 2.24) is 10.2 Å². The molecule has 2 atom stereocenters. The predicted molar refractivity (Wildman–Crippen MR) is 80.4 cm³/mol. The van der Waals surface area contributed by atoms with Crippen LogP contribution < -0.4 is 5.32 Å². The minimum atomic E-state index is -0.163. The average molecular weight is 280 g/mol. The molecule has 0 aromatic carbocycles. The Balaban J connectivity index is 2.06. The van der Waals surface area contributed by atoms with E-state index in [1.165, 1.54) is 11.3 Å². The lowest BCUT2D eigenvalue weighted by atomic mass is 10.1. The van der Waals surface area contributed by atoms with Gasteiger partial charge in [0.05, 0.1) is 6.04 Å². The largest absolute Gasteiger partial charge is 0.350 e. The minimum Gasteiger partial charge on any atom is -0.350 e. The Morgan fingerprint density at radius 3 is 2.84 bits per heavy atom. The van der Waals surface area contributed by atoms with Crippen LogP contribution in [0.1, 0.15) is 51.5 Å². The van der Waals surface area contributed by atoms with E-state index in [4.69, 9.17) is 0 Å². The third kappa shape index (κ3) is 3.57. The Kier molecular flexibility index (Phi) is 4.31. The highest BCUT2D eigenvalue weighted by molar-refractivity contribution is 7.10. The van der Waals surface area contributed by atoms with Crippen molar-refractivity contribution in [2.75, 3.05) is 6.54 Å². The molecular weight excluding hydrogens is 256 g/mol. The predicted octanol–water partition coefficient (Wildman–Crippen LogP) is 3.19. The molecular formula is C15H24N2OS. The third-order valence-corrected chi connectivity index (χ3v) is 4.51. The van der Waals surface area contributed by atoms with E-state index in [1.54, 1.807) is 11.3 Å². The van der Waals surface area contributed by atoms with Gasteiger partial charge in [0.25, 0.3) is 0 Å². The average Bonchev–Trinajstić information content (AvgIpc) is 2.96. The second-order valence-corrected chi connectivity index (χ2v) is 7.31. The summed E-state index contributed by atoms with van der Waals surface area (Å²) >= 11 is 1.79. The van der Waals surface area contributed by atoms with Gasteiger partial charge in [-0.05, 0) is 58.5 Å². The molecule has 1 aromatic heterocycles. The van der Waals surface area contributed by atoms with Crippen molar-refractivity contribution in [3.63, 3.8) is 0 Å². The smallest absolute Gasteiger partial charge is 0.237 e. The number of carbonyl (C=O) groups is 1. The van der Waals surface area contributed by atoms with Gasteiger partial charge in [0.15, 0.2) is 0 Å². The van der Waals surface area contributed by atoms with Crippen LogP contribution in [-0.2, 0) is 4.79 Å². The second-order valence-electron chi connectivity index (χ2n) is 6.33. The molecule has 3 nitrogen and oxygen atoms in total. The van der Waals surface area contributed by atoms with Gasteiger partial charge in [-0.15, -0.1) is 11.3 Å². The van der Waals surface area contributed by atoms with Gasteiger partial charge in [-0.1, -0.05) is 6.07 Å². The first-order valence-electron chi connectivity index (χ1n) is 6.99. The summed E-state index contributed by atoms with van der Waals surface area (Å²) in [5.41, 5.74) is -0.163. The third-order valence-electron chi connectivity index (χ3n) is 3.54. The van der Waals surface area contributed by atoms with Crippen molar-refractivity contribution in [1.29, 1.82) is 0 Å². The Labute approximate surface area is 120 Å². The van der Waals surface area contributed by atoms with Crippen LogP contribution in [0.25, 0.3) is 0 Å². The molecule has 0 spiro atoms. The van der Waals surface area contributed by atoms with Crippen LogP contribution in [0.3, 0.4) is 0 Å². The number of likely N-dealkylation sites (tertiary alicyclic amines) is 1. The van der Waals surface area contributed by atoms with E-state index in [9.17, 15) is 4.79 Å². The molecule has 0 saturated carbocycles. The lowest BCUT2D eigenvalue weighted by Gasteiger charge is -2.31. The fourth-order valence-electron chi connectivity index (χ4n) is 2.66. The van der Waals surface area contributed by atoms with Gasteiger partial charge in [-0.2, -0.15) is 0 Å². The van der Waals surface area contributed by atoms with Gasteiger partial charge in [0, 0.05) is 16.5 Å². The molecule has 2 unspecified atom stereocenters. The van der Waals surface area contributed by atoms with E-state index in [0.717, 1.165) is 13.0 Å². The number of rotatable bonds is 3. The number of nitrogens with one attached hydrogen (secondary N) is 1. The molecule has 1 aliphatic heterocycles. The first kappa shape index (κ1) is 14.5. The van der Waals surface area contributed by atoms with Crippen LogP contribution in [0.15, 0.2) is 17.5 Å². The molecule has 1 N–H and O–H groups in total. The van der Waals surface area contributed by atoms with E-state index in [2.05, 4.69) is 27.7 Å². The zero-order valence-corrected chi connectivity index (χ0v) is 13.1. The molecule has 1 fully saturated rings. The molecule has 19 heavy (non-hydrogen) atoms. The zero-order chi connectivity index (χ0) is 14.0. The van der Waals surface area contributed by atoms with Crippen LogP contribution in [0.2, 0.25) is 0 Å². The minimum absolute atomic E-state index is 0.0613. The van der Waals surface area contributed by atoms with E-state index in [1.807, 2.05) is 27.7 Å². The van der Waals surface area contributed by atoms with Gasteiger partial charge in [-0.25, -0.2) is 0 Å². The fraction of sp³-hybridized carbons (Fsp3) is 0.667. The summed E-state index contributed by atoms with van der Waals surface area (Å²) in [7, 11) is 0. The van der Waals surface area contributed by atoms with E-state index < -0.39 is 0 Å². The number of hydrogen-bond acceptors (Lipinski definition) is 3. The summed E-state index contributed by atoms with van der Waals surface area (Å²) in [6, 6.07) is 4.63. The maximum Gasteiger partial charge on any atom is 0.237 e. The van der Waals surface area contributed by atoms with Crippen molar-refractivity contribution in [2.24, 2.45) is 0 Å². The molecule has 4 heteroatoms. The van der Waals surface area contributed by atoms with Gasteiger partial charge in [0.2, 0.25) is 5.91 Å². The molecule has 106 valence electrons. The van der Waals surface area contributed by atoms with Gasteiger partial charge in [-0.3, -0.25) is 9.69 Å². The Morgan fingerprint density at radius 1 is 1.53 bits per heavy atom. The number of carbonyl (C=O) groups excluding carboxylic acids is 1. The summed E-state index contributed by atoms with van der Waals surface area (Å²) in [6.07, 6.45) is 2.34. The molecule has 0 bridgehead atoms. The maximum absolute atomic E-state index is 12.3. The van der Waals surface area contributed by atoms with Crippen LogP contribution in [0.4, 0.5) is 0 Å². The number of thiophene rings is 1. The normalized spacial score (nSPS) is 22.4. The molecule has 0 aliphatic carbocycles. The quantitative estimate of drug-likeness (QED) is 0.922. The fourth-order valence-corrected chi connectivity index (χ4v) is 3.55. The van der Waals surface area contributed by atoms with E-state index >= 15 is 0 Å². The molecule has 0 radical (unpaired) electrons. The van der Waals surface area contributed by atoms with Crippen LogP contribution in [0.5, 0.6) is 0 Å². The lowest BCUT2D eigenvalue weighted by Crippen LogP contribution is -2.50. The summed E-state index contributed by atoms with van der Waals surface area (Å²) < 4.78 is 0. The molecule has 1 amide bonds. The second kappa shape index (κ2) is 5.63. The van der Waals surface area contributed by atoms with Crippen LogP contribution >= 0.6 is 11.3 Å². The highest BCUT2D eigenvalue weighted by atomic mass is 32.1. The maximum atomic E-state index is 12.3. The Morgan fingerprint density at radius 2 is 2.26 bits per heavy atom. The molecule has 2 rings (SSSR count). The first-order valence-corrected chi connectivity index (χ1v) is 7.87. The summed E-state index contributed by atoms with van der Waals surface area (Å²) in [5.74, 6) is 0.135. The highest BCUT2D eigenvalue weighted by Gasteiger charge is 2.34. The van der Waals surface area contributed by atoms with Crippen molar-refractivity contribution in [3.8, 4) is 0 Å². The van der Waals surface area contributed by atoms with E-state index in [0.29, 0.717) is 6.04 Å². The summed E-state index contributed by atoms with van der Waals surface area (Å²) in [4.78, 5) is 16.0. The highest BCUT2D eigenvalue weighted by Crippen LogP contribution is 2.35. The number of hydrogen-bond donors (Lipinski definition) is 1. The SMILES string of the molecule is CC(C(=O)NC(C)(C)C)N1CCCC1c1cccs1. The van der Waals surface area contributed by atoms with Crippen LogP contribution in [-0.4, -0.2) is 28.9 Å². The first-order chi connectivity index (χ1) is 8.88. The van der Waals surface area contributed by atoms with Gasteiger partial charge >= 0.3 is 0 Å². The number of nitrogens with zero attached hydrogens (tertiary/aromatic N) is 1. The Hall–Kier alpha value is -0.870. The zero-order valence-electron chi connectivity index (χ0n) is 12.3. The van der Waals surface area contributed by atoms with Crippen molar-refractivity contribution < 1.29 is 4.79 Å². The monoisotopic (exact) mass is 280 g/mol. The summed E-state index contributed by atoms with van der Waals surface area (Å²) in [6.45, 7) is 9.11. The lowest BCUT2D eigenvalue weighted by molar-refractivity contribution is -0.127. The molecule has 1 saturated heterocycles. The van der Waals surface area contributed by atoms with Crippen molar-refractivity contribution >= 4 is 17.2 Å². The van der Waals surface area contributed by atoms with Gasteiger partial charge in [0.1, 0.15) is 0 Å². The van der Waals surface area contributed by atoms with Crippen molar-refractivity contribution in [2.45, 2.75) is 58.2 Å². The molecule has 2 heterocycles. The van der Waals surface area contributed by atoms with Crippen molar-refractivity contribution in [3.05, 3.63) is 22.4 Å². The Bertz CT molecular complexity index is 422.